The SMILES string of the molecule is CN(C(=O)OCc1c(-c2ccc(O[C@H]3CCC[C@H](C(=O)O)C3)c(C3CC3)n2)nnn1C)C1CC1(F)F. The number of carboxylic acid groups (broad SMARTS) is 1. The number of amides is 1. The van der Waals surface area contributed by atoms with Gasteiger partial charge in [-0.3, -0.25) is 4.79 Å². The van der Waals surface area contributed by atoms with Gasteiger partial charge in [0.2, 0.25) is 0 Å². The lowest BCUT2D eigenvalue weighted by molar-refractivity contribution is -0.143. The summed E-state index contributed by atoms with van der Waals surface area (Å²) in [6.07, 6.45) is 3.34. The van der Waals surface area contributed by atoms with E-state index in [-0.39, 0.29) is 25.0 Å². The molecule has 1 amide bonds. The van der Waals surface area contributed by atoms with E-state index < -0.39 is 29.9 Å². The molecule has 2 heterocycles. The highest BCUT2D eigenvalue weighted by Crippen LogP contribution is 2.46. The van der Waals surface area contributed by atoms with E-state index in [0.717, 1.165) is 36.3 Å². The second-order valence-electron chi connectivity index (χ2n) is 9.95. The molecular formula is C24H29F2N5O5. The van der Waals surface area contributed by atoms with Crippen molar-refractivity contribution in [3.8, 4) is 17.1 Å². The number of ether oxygens (including phenoxy) is 2. The lowest BCUT2D eigenvalue weighted by Crippen LogP contribution is -2.32. The first-order valence-electron chi connectivity index (χ1n) is 12.2. The highest BCUT2D eigenvalue weighted by molar-refractivity contribution is 5.70. The Kier molecular flexibility index (Phi) is 6.29. The molecular weight excluding hydrogens is 476 g/mol. The van der Waals surface area contributed by atoms with E-state index in [1.165, 1.54) is 11.7 Å². The molecule has 0 bridgehead atoms. The van der Waals surface area contributed by atoms with Crippen molar-refractivity contribution in [1.82, 2.24) is 24.9 Å². The number of nitrogens with zero attached hydrogens (tertiary/aromatic N) is 5. The third kappa shape index (κ3) is 4.98. The first-order chi connectivity index (χ1) is 17.1. The van der Waals surface area contributed by atoms with Crippen molar-refractivity contribution in [2.75, 3.05) is 7.05 Å². The Labute approximate surface area is 206 Å². The minimum absolute atomic E-state index is 0.174. The molecule has 3 atom stereocenters. The number of halogens is 2. The fraction of sp³-hybridized carbons (Fsp3) is 0.625. The lowest BCUT2D eigenvalue weighted by Gasteiger charge is -2.28. The van der Waals surface area contributed by atoms with E-state index in [0.29, 0.717) is 35.7 Å². The van der Waals surface area contributed by atoms with Crippen LogP contribution < -0.4 is 4.74 Å². The van der Waals surface area contributed by atoms with Gasteiger partial charge in [0.25, 0.3) is 5.92 Å². The van der Waals surface area contributed by atoms with Crippen LogP contribution in [0.5, 0.6) is 5.75 Å². The Morgan fingerprint density at radius 2 is 2.00 bits per heavy atom. The molecule has 0 aliphatic heterocycles. The zero-order valence-electron chi connectivity index (χ0n) is 20.2. The number of carbonyl (C=O) groups is 2. The predicted molar refractivity (Wildman–Crippen MR) is 122 cm³/mol. The van der Waals surface area contributed by atoms with Crippen molar-refractivity contribution in [3.63, 3.8) is 0 Å². The maximum atomic E-state index is 13.3. The molecule has 10 nitrogen and oxygen atoms in total. The summed E-state index contributed by atoms with van der Waals surface area (Å²) in [5.74, 6) is -3.14. The first-order valence-corrected chi connectivity index (χ1v) is 12.2. The van der Waals surface area contributed by atoms with Gasteiger partial charge in [-0.2, -0.15) is 0 Å². The number of hydrogen-bond acceptors (Lipinski definition) is 7. The van der Waals surface area contributed by atoms with Crippen molar-refractivity contribution < 1.29 is 33.0 Å². The average molecular weight is 506 g/mol. The Bertz CT molecular complexity index is 1170. The van der Waals surface area contributed by atoms with Crippen LogP contribution in [0, 0.1) is 5.92 Å². The van der Waals surface area contributed by atoms with Gasteiger partial charge in [0.05, 0.1) is 23.4 Å². The minimum atomic E-state index is -2.87. The third-order valence-electron chi connectivity index (χ3n) is 7.19. The fourth-order valence-electron chi connectivity index (χ4n) is 4.71. The number of aliphatic carboxylic acids is 1. The maximum Gasteiger partial charge on any atom is 0.410 e. The van der Waals surface area contributed by atoms with Crippen LogP contribution in [-0.2, 0) is 23.2 Å². The molecule has 3 saturated carbocycles. The van der Waals surface area contributed by atoms with Gasteiger partial charge in [-0.15, -0.1) is 5.10 Å². The van der Waals surface area contributed by atoms with Gasteiger partial charge >= 0.3 is 12.1 Å². The average Bonchev–Trinajstić information content (AvgIpc) is 3.76. The van der Waals surface area contributed by atoms with Crippen LogP contribution in [0.4, 0.5) is 13.6 Å². The second-order valence-corrected chi connectivity index (χ2v) is 9.95. The number of aryl methyl sites for hydroxylation is 1. The molecule has 0 spiro atoms. The molecule has 3 aliphatic carbocycles. The highest BCUT2D eigenvalue weighted by Gasteiger charge is 2.60. The fourth-order valence-corrected chi connectivity index (χ4v) is 4.71. The summed E-state index contributed by atoms with van der Waals surface area (Å²) in [6, 6.07) is 2.44. The van der Waals surface area contributed by atoms with E-state index in [2.05, 4.69) is 10.3 Å². The molecule has 0 radical (unpaired) electrons. The number of carbonyl (C=O) groups excluding carboxylic acids is 1. The van der Waals surface area contributed by atoms with Crippen molar-refractivity contribution in [3.05, 3.63) is 23.5 Å². The highest BCUT2D eigenvalue weighted by atomic mass is 19.3. The van der Waals surface area contributed by atoms with Crippen molar-refractivity contribution in [2.24, 2.45) is 13.0 Å². The van der Waals surface area contributed by atoms with Gasteiger partial charge < -0.3 is 19.5 Å². The van der Waals surface area contributed by atoms with Crippen LogP contribution in [0.15, 0.2) is 12.1 Å². The largest absolute Gasteiger partial charge is 0.488 e. The van der Waals surface area contributed by atoms with E-state index >= 15 is 0 Å². The summed E-state index contributed by atoms with van der Waals surface area (Å²) in [5.41, 5.74) is 2.26. The van der Waals surface area contributed by atoms with E-state index in [4.69, 9.17) is 14.5 Å². The van der Waals surface area contributed by atoms with E-state index in [9.17, 15) is 23.5 Å². The molecule has 36 heavy (non-hydrogen) atoms. The topological polar surface area (TPSA) is 120 Å². The molecule has 2 aromatic heterocycles. The number of carboxylic acids is 1. The summed E-state index contributed by atoms with van der Waals surface area (Å²) in [4.78, 5) is 29.4. The molecule has 0 saturated heterocycles. The molecule has 1 N–H and O–H groups in total. The minimum Gasteiger partial charge on any atom is -0.488 e. The van der Waals surface area contributed by atoms with E-state index in [1.807, 2.05) is 6.07 Å². The summed E-state index contributed by atoms with van der Waals surface area (Å²) in [6.45, 7) is -0.197. The second kappa shape index (κ2) is 9.29. The molecule has 3 aliphatic rings. The molecule has 12 heteroatoms. The third-order valence-corrected chi connectivity index (χ3v) is 7.19. The predicted octanol–water partition coefficient (Wildman–Crippen LogP) is 3.75. The van der Waals surface area contributed by atoms with Crippen LogP contribution in [0.25, 0.3) is 11.4 Å². The Morgan fingerprint density at radius 3 is 2.67 bits per heavy atom. The molecule has 5 rings (SSSR count). The number of rotatable bonds is 8. The molecule has 0 aromatic carbocycles. The van der Waals surface area contributed by atoms with Gasteiger partial charge in [-0.05, 0) is 50.7 Å². The van der Waals surface area contributed by atoms with Crippen LogP contribution in [0.1, 0.15) is 62.3 Å². The van der Waals surface area contributed by atoms with Gasteiger partial charge in [0, 0.05) is 26.4 Å². The standard InChI is InChI=1S/C24H29F2N5O5/c1-30(19-11-24(19,25)26)23(34)35-12-17-21(28-29-31(17)2)16-8-9-18(20(27-16)13-6-7-13)36-15-5-3-4-14(10-15)22(32)33/h8-9,13-15,19H,3-7,10-12H2,1-2H3,(H,32,33)/t14-,15-,19?/m0/s1. The van der Waals surface area contributed by atoms with E-state index in [1.54, 1.807) is 13.1 Å². The van der Waals surface area contributed by atoms with Crippen molar-refractivity contribution >= 4 is 12.1 Å². The van der Waals surface area contributed by atoms with Crippen LogP contribution in [0.2, 0.25) is 0 Å². The van der Waals surface area contributed by atoms with Gasteiger partial charge in [0.15, 0.2) is 0 Å². The van der Waals surface area contributed by atoms with Gasteiger partial charge in [-0.25, -0.2) is 23.2 Å². The summed E-state index contributed by atoms with van der Waals surface area (Å²) in [7, 11) is 2.95. The maximum absolute atomic E-state index is 13.3. The van der Waals surface area contributed by atoms with Crippen LogP contribution >= 0.6 is 0 Å². The quantitative estimate of drug-likeness (QED) is 0.576. The Balaban J connectivity index is 1.31. The summed E-state index contributed by atoms with van der Waals surface area (Å²) in [5, 5.41) is 17.6. The van der Waals surface area contributed by atoms with Crippen molar-refractivity contribution in [1.29, 1.82) is 0 Å². The Morgan fingerprint density at radius 1 is 1.25 bits per heavy atom. The zero-order chi connectivity index (χ0) is 25.6. The Hall–Kier alpha value is -3.31. The normalized spacial score (nSPS) is 24.7. The van der Waals surface area contributed by atoms with Crippen LogP contribution in [-0.4, -0.2) is 67.2 Å². The number of aromatic nitrogens is 4. The summed E-state index contributed by atoms with van der Waals surface area (Å²) >= 11 is 0. The van der Waals surface area contributed by atoms with Crippen LogP contribution in [0.3, 0.4) is 0 Å². The van der Waals surface area contributed by atoms with Crippen molar-refractivity contribution in [2.45, 2.75) is 75.5 Å². The smallest absolute Gasteiger partial charge is 0.410 e. The lowest BCUT2D eigenvalue weighted by atomic mass is 9.87. The molecule has 1 unspecified atom stereocenters. The number of hydrogen-bond donors (Lipinski definition) is 1. The van der Waals surface area contributed by atoms with Gasteiger partial charge in [-0.1, -0.05) is 5.21 Å². The number of alkyl halides is 2. The zero-order valence-corrected chi connectivity index (χ0v) is 20.2. The van der Waals surface area contributed by atoms with Gasteiger partial charge in [0.1, 0.15) is 29.8 Å². The summed E-state index contributed by atoms with van der Waals surface area (Å²) < 4.78 is 39.6. The number of pyridine rings is 1. The molecule has 3 fully saturated rings. The first kappa shape index (κ1) is 24.4. The monoisotopic (exact) mass is 505 g/mol. The molecule has 2 aromatic rings. The molecule has 194 valence electrons.